The minimum Gasteiger partial charge on any atom is -0.478 e. The third kappa shape index (κ3) is 3.77. The summed E-state index contributed by atoms with van der Waals surface area (Å²) in [6.45, 7) is 0. The van der Waals surface area contributed by atoms with E-state index in [0.717, 1.165) is 5.56 Å². The average Bonchev–Trinajstić information content (AvgIpc) is 3.21. The molecule has 166 valence electrons. The van der Waals surface area contributed by atoms with Gasteiger partial charge in [-0.15, -0.1) is 0 Å². The molecule has 4 aromatic rings. The summed E-state index contributed by atoms with van der Waals surface area (Å²) in [5.74, 6) is -0.174. The summed E-state index contributed by atoms with van der Waals surface area (Å²) in [5.41, 5.74) is 2.41. The maximum atomic E-state index is 13.1. The van der Waals surface area contributed by atoms with E-state index in [1.807, 2.05) is 0 Å². The zero-order chi connectivity index (χ0) is 23.3. The standard InChI is InChI=1S/C23H16Cl2N4O4/c1-29-20-12(8-14(21(29)30)19-15(24)3-2-4-16(19)25)10-26-23(28-20)27-13-5-6-17-11(7-13)9-18(33-17)22(31)32/h2-8,10,18H,9H2,1H3,(H,31,32)(H,26,27,28). The molecule has 3 heterocycles. The number of ether oxygens (including phenoxy) is 1. The molecule has 1 aliphatic rings. The van der Waals surface area contributed by atoms with Crippen LogP contribution in [0.15, 0.2) is 53.5 Å². The monoisotopic (exact) mass is 482 g/mol. The Bertz CT molecular complexity index is 1480. The van der Waals surface area contributed by atoms with Gasteiger partial charge in [0.05, 0.1) is 15.6 Å². The maximum absolute atomic E-state index is 13.1. The number of halogens is 2. The number of benzene rings is 2. The van der Waals surface area contributed by atoms with Crippen molar-refractivity contribution < 1.29 is 14.6 Å². The number of fused-ring (bicyclic) bond motifs is 2. The van der Waals surface area contributed by atoms with E-state index in [2.05, 4.69) is 15.3 Å². The van der Waals surface area contributed by atoms with Crippen molar-refractivity contribution in [3.8, 4) is 16.9 Å². The number of nitrogens with one attached hydrogen (secondary N) is 1. The highest BCUT2D eigenvalue weighted by Crippen LogP contribution is 2.34. The molecule has 0 radical (unpaired) electrons. The van der Waals surface area contributed by atoms with Crippen LogP contribution in [0.3, 0.4) is 0 Å². The first kappa shape index (κ1) is 21.2. The number of aryl methyl sites for hydroxylation is 1. The van der Waals surface area contributed by atoms with Gasteiger partial charge in [0.15, 0.2) is 6.10 Å². The van der Waals surface area contributed by atoms with Gasteiger partial charge in [-0.2, -0.15) is 4.98 Å². The zero-order valence-electron chi connectivity index (χ0n) is 17.2. The summed E-state index contributed by atoms with van der Waals surface area (Å²) in [6.07, 6.45) is 0.998. The van der Waals surface area contributed by atoms with Crippen molar-refractivity contribution in [2.24, 2.45) is 7.05 Å². The van der Waals surface area contributed by atoms with Crippen LogP contribution in [0.1, 0.15) is 5.56 Å². The van der Waals surface area contributed by atoms with E-state index >= 15 is 0 Å². The Balaban J connectivity index is 1.50. The van der Waals surface area contributed by atoms with Gasteiger partial charge in [-0.25, -0.2) is 9.78 Å². The van der Waals surface area contributed by atoms with E-state index in [1.54, 1.807) is 55.7 Å². The van der Waals surface area contributed by atoms with Crippen molar-refractivity contribution in [1.82, 2.24) is 14.5 Å². The molecular formula is C23H16Cl2N4O4. The molecule has 0 amide bonds. The fourth-order valence-corrected chi connectivity index (χ4v) is 4.44. The smallest absolute Gasteiger partial charge is 0.345 e. The molecule has 1 unspecified atom stereocenters. The number of anilines is 2. The lowest BCUT2D eigenvalue weighted by atomic mass is 10.1. The summed E-state index contributed by atoms with van der Waals surface area (Å²) in [6, 6.07) is 12.0. The van der Waals surface area contributed by atoms with Crippen molar-refractivity contribution in [2.45, 2.75) is 12.5 Å². The second-order valence-corrected chi connectivity index (χ2v) is 8.40. The first-order valence-electron chi connectivity index (χ1n) is 9.92. The molecule has 1 atom stereocenters. The normalized spacial score (nSPS) is 14.7. The summed E-state index contributed by atoms with van der Waals surface area (Å²) in [5, 5.41) is 13.7. The molecule has 2 N–H and O–H groups in total. The highest BCUT2D eigenvalue weighted by atomic mass is 35.5. The fraction of sp³-hybridized carbons (Fsp3) is 0.130. The second kappa shape index (κ2) is 8.06. The predicted molar refractivity (Wildman–Crippen MR) is 126 cm³/mol. The highest BCUT2D eigenvalue weighted by molar-refractivity contribution is 6.39. The van der Waals surface area contributed by atoms with Crippen molar-refractivity contribution in [3.63, 3.8) is 0 Å². The maximum Gasteiger partial charge on any atom is 0.345 e. The SMILES string of the molecule is Cn1c(=O)c(-c2c(Cl)cccc2Cl)cc2cnc(Nc3ccc4c(c3)CC(C(=O)O)O4)nc21. The largest absolute Gasteiger partial charge is 0.478 e. The Kier molecular flexibility index (Phi) is 5.19. The van der Waals surface area contributed by atoms with Crippen molar-refractivity contribution in [1.29, 1.82) is 0 Å². The lowest BCUT2D eigenvalue weighted by Gasteiger charge is -2.12. The number of rotatable bonds is 4. The minimum atomic E-state index is -1.00. The lowest BCUT2D eigenvalue weighted by molar-refractivity contribution is -0.144. The van der Waals surface area contributed by atoms with E-state index in [-0.39, 0.29) is 17.9 Å². The van der Waals surface area contributed by atoms with E-state index in [0.29, 0.717) is 43.6 Å². The summed E-state index contributed by atoms with van der Waals surface area (Å²) in [4.78, 5) is 33.1. The zero-order valence-corrected chi connectivity index (χ0v) is 18.7. The number of carboxylic acids is 1. The van der Waals surface area contributed by atoms with Crippen LogP contribution in [0.2, 0.25) is 10.0 Å². The molecule has 10 heteroatoms. The third-order valence-electron chi connectivity index (χ3n) is 5.45. The molecule has 2 aromatic carbocycles. The fourth-order valence-electron chi connectivity index (χ4n) is 3.83. The average molecular weight is 483 g/mol. The van der Waals surface area contributed by atoms with E-state index in [1.165, 1.54) is 4.57 Å². The van der Waals surface area contributed by atoms with Gasteiger partial charge in [-0.1, -0.05) is 29.3 Å². The van der Waals surface area contributed by atoms with Crippen molar-refractivity contribution in [3.05, 3.63) is 74.6 Å². The molecule has 0 saturated carbocycles. The molecule has 0 spiro atoms. The van der Waals surface area contributed by atoms with Crippen LogP contribution < -0.4 is 15.6 Å². The van der Waals surface area contributed by atoms with Crippen LogP contribution in [0, 0.1) is 0 Å². The Morgan fingerprint density at radius 1 is 1.21 bits per heavy atom. The first-order chi connectivity index (χ1) is 15.8. The van der Waals surface area contributed by atoms with E-state index in [4.69, 9.17) is 33.0 Å². The number of carboxylic acid groups (broad SMARTS) is 1. The predicted octanol–water partition coefficient (Wildman–Crippen LogP) is 4.43. The molecule has 8 nitrogen and oxygen atoms in total. The van der Waals surface area contributed by atoms with E-state index < -0.39 is 12.1 Å². The number of hydrogen-bond acceptors (Lipinski definition) is 6. The van der Waals surface area contributed by atoms with Gasteiger partial charge in [0, 0.05) is 41.9 Å². The molecule has 0 bridgehead atoms. The molecule has 0 aliphatic carbocycles. The second-order valence-electron chi connectivity index (χ2n) is 7.59. The number of pyridine rings is 1. The van der Waals surface area contributed by atoms with Crippen LogP contribution in [0.4, 0.5) is 11.6 Å². The molecular weight excluding hydrogens is 467 g/mol. The van der Waals surface area contributed by atoms with Crippen LogP contribution >= 0.6 is 23.2 Å². The molecule has 2 aromatic heterocycles. The lowest BCUT2D eigenvalue weighted by Crippen LogP contribution is -2.24. The van der Waals surface area contributed by atoms with Gasteiger partial charge in [0.1, 0.15) is 11.4 Å². The third-order valence-corrected chi connectivity index (χ3v) is 6.08. The van der Waals surface area contributed by atoms with Gasteiger partial charge in [0.25, 0.3) is 5.56 Å². The number of nitrogens with zero attached hydrogens (tertiary/aromatic N) is 3. The molecule has 5 rings (SSSR count). The van der Waals surface area contributed by atoms with Crippen molar-refractivity contribution in [2.75, 3.05) is 5.32 Å². The first-order valence-corrected chi connectivity index (χ1v) is 10.7. The summed E-state index contributed by atoms with van der Waals surface area (Å²) < 4.78 is 6.83. The Hall–Kier alpha value is -3.62. The molecule has 1 aliphatic heterocycles. The Morgan fingerprint density at radius 3 is 2.70 bits per heavy atom. The highest BCUT2D eigenvalue weighted by Gasteiger charge is 2.28. The van der Waals surface area contributed by atoms with E-state index in [9.17, 15) is 9.59 Å². The van der Waals surface area contributed by atoms with Gasteiger partial charge < -0.3 is 15.2 Å². The minimum absolute atomic E-state index is 0.278. The van der Waals surface area contributed by atoms with Gasteiger partial charge in [-0.3, -0.25) is 9.36 Å². The van der Waals surface area contributed by atoms with Gasteiger partial charge in [-0.05, 0) is 36.4 Å². The molecule has 0 saturated heterocycles. The summed E-state index contributed by atoms with van der Waals surface area (Å²) in [7, 11) is 1.62. The van der Waals surface area contributed by atoms with Crippen LogP contribution in [0.5, 0.6) is 5.75 Å². The quantitative estimate of drug-likeness (QED) is 0.442. The number of hydrogen-bond donors (Lipinski definition) is 2. The van der Waals surface area contributed by atoms with Crippen LogP contribution in [0.25, 0.3) is 22.2 Å². The molecule has 33 heavy (non-hydrogen) atoms. The number of carbonyl (C=O) groups is 1. The topological polar surface area (TPSA) is 106 Å². The Morgan fingerprint density at radius 2 is 1.97 bits per heavy atom. The summed E-state index contributed by atoms with van der Waals surface area (Å²) >= 11 is 12.6. The van der Waals surface area contributed by atoms with Crippen molar-refractivity contribution >= 4 is 51.8 Å². The van der Waals surface area contributed by atoms with Crippen LogP contribution in [-0.4, -0.2) is 31.7 Å². The van der Waals surface area contributed by atoms with Gasteiger partial charge >= 0.3 is 5.97 Å². The van der Waals surface area contributed by atoms with Crippen LogP contribution in [-0.2, 0) is 18.3 Å². The number of aromatic nitrogens is 3. The Labute approximate surface area is 197 Å². The molecule has 0 fully saturated rings. The number of aliphatic carboxylic acids is 1. The van der Waals surface area contributed by atoms with Gasteiger partial charge in [0.2, 0.25) is 5.95 Å².